The van der Waals surface area contributed by atoms with Gasteiger partial charge < -0.3 is 0 Å². The Morgan fingerprint density at radius 3 is 1.52 bits per heavy atom. The number of aromatic nitrogens is 2. The Labute approximate surface area is 351 Å². The molecule has 0 fully saturated rings. The van der Waals surface area contributed by atoms with Crippen molar-refractivity contribution in [1.29, 1.82) is 0 Å². The van der Waals surface area contributed by atoms with Crippen molar-refractivity contribution in [3.8, 4) is 78.4 Å². The maximum absolute atomic E-state index is 5.23. The molecule has 2 nitrogen and oxygen atoms in total. The van der Waals surface area contributed by atoms with Crippen LogP contribution in [0.25, 0.3) is 89.2 Å². The third-order valence-corrected chi connectivity index (χ3v) is 12.4. The Morgan fingerprint density at radius 2 is 0.800 bits per heavy atom. The van der Waals surface area contributed by atoms with Gasteiger partial charge in [-0.2, -0.15) is 0 Å². The van der Waals surface area contributed by atoms with Crippen LogP contribution in [-0.2, 0) is 5.41 Å². The van der Waals surface area contributed by atoms with Gasteiger partial charge >= 0.3 is 0 Å². The zero-order valence-electron chi connectivity index (χ0n) is 33.3. The topological polar surface area (TPSA) is 25.8 Å². The van der Waals surface area contributed by atoms with E-state index in [0.717, 1.165) is 33.5 Å². The molecule has 282 valence electrons. The highest BCUT2D eigenvalue weighted by Gasteiger charge is 2.40. The normalized spacial score (nSPS) is 14.2. The molecule has 0 saturated heterocycles. The molecule has 0 spiro atoms. The van der Waals surface area contributed by atoms with Crippen molar-refractivity contribution in [3.05, 3.63) is 241 Å². The number of fused-ring (bicyclic) bond motifs is 4. The average Bonchev–Trinajstić information content (AvgIpc) is 3.59. The maximum Gasteiger partial charge on any atom is 0.160 e. The van der Waals surface area contributed by atoms with E-state index in [4.69, 9.17) is 9.97 Å². The lowest BCUT2D eigenvalue weighted by molar-refractivity contribution is 0.714. The Balaban J connectivity index is 1.09. The number of benzene rings is 9. The van der Waals surface area contributed by atoms with Gasteiger partial charge in [0.1, 0.15) is 0 Å². The van der Waals surface area contributed by atoms with Crippen LogP contribution >= 0.6 is 0 Å². The van der Waals surface area contributed by atoms with Gasteiger partial charge in [0.2, 0.25) is 0 Å². The Bertz CT molecular complexity index is 3130. The highest BCUT2D eigenvalue weighted by molar-refractivity contribution is 6.05. The molecule has 0 N–H and O–H groups in total. The van der Waals surface area contributed by atoms with E-state index in [-0.39, 0.29) is 5.41 Å². The summed E-state index contributed by atoms with van der Waals surface area (Å²) in [5, 5.41) is 2.32. The van der Waals surface area contributed by atoms with Gasteiger partial charge in [-0.05, 0) is 109 Å². The lowest BCUT2D eigenvalue weighted by Crippen LogP contribution is -2.22. The van der Waals surface area contributed by atoms with Gasteiger partial charge in [0, 0.05) is 22.1 Å². The average molecular weight is 765 g/mol. The fraction of sp³-hybridized carbons (Fsp3) is 0.0345. The molecule has 60 heavy (non-hydrogen) atoms. The second kappa shape index (κ2) is 14.6. The largest absolute Gasteiger partial charge is 0.228 e. The van der Waals surface area contributed by atoms with E-state index < -0.39 is 0 Å². The van der Waals surface area contributed by atoms with Gasteiger partial charge in [0.05, 0.1) is 11.4 Å². The van der Waals surface area contributed by atoms with Gasteiger partial charge in [-0.1, -0.05) is 194 Å². The molecule has 0 bridgehead atoms. The highest BCUT2D eigenvalue weighted by Crippen LogP contribution is 2.53. The van der Waals surface area contributed by atoms with Crippen molar-refractivity contribution in [3.63, 3.8) is 0 Å². The van der Waals surface area contributed by atoms with Gasteiger partial charge in [0.25, 0.3) is 0 Å². The summed E-state index contributed by atoms with van der Waals surface area (Å²) in [4.78, 5) is 10.3. The fourth-order valence-corrected chi connectivity index (χ4v) is 9.33. The summed E-state index contributed by atoms with van der Waals surface area (Å²) in [5.41, 5.74) is 18.3. The third kappa shape index (κ3) is 6.04. The lowest BCUT2D eigenvalue weighted by atomic mass is 9.74. The molecule has 0 saturated carbocycles. The molecule has 11 rings (SSSR count). The van der Waals surface area contributed by atoms with Crippen LogP contribution in [0.3, 0.4) is 0 Å². The van der Waals surface area contributed by atoms with Crippen LogP contribution in [0.15, 0.2) is 224 Å². The van der Waals surface area contributed by atoms with E-state index in [2.05, 4.69) is 207 Å². The van der Waals surface area contributed by atoms with E-state index in [1.54, 1.807) is 0 Å². The smallest absolute Gasteiger partial charge is 0.160 e. The lowest BCUT2D eigenvalue weighted by Gasteiger charge is -2.28. The summed E-state index contributed by atoms with van der Waals surface area (Å²) >= 11 is 0. The molecule has 10 aromatic rings. The van der Waals surface area contributed by atoms with Crippen molar-refractivity contribution in [2.75, 3.05) is 0 Å². The van der Waals surface area contributed by atoms with Crippen molar-refractivity contribution in [2.45, 2.75) is 12.3 Å². The van der Waals surface area contributed by atoms with Gasteiger partial charge in [0.15, 0.2) is 5.82 Å². The van der Waals surface area contributed by atoms with E-state index in [0.29, 0.717) is 5.82 Å². The number of nitrogens with zero attached hydrogens (tertiary/aromatic N) is 2. The van der Waals surface area contributed by atoms with Crippen molar-refractivity contribution in [2.24, 2.45) is 0 Å². The van der Waals surface area contributed by atoms with Crippen LogP contribution in [0.1, 0.15) is 23.6 Å². The van der Waals surface area contributed by atoms with Crippen molar-refractivity contribution < 1.29 is 0 Å². The van der Waals surface area contributed by atoms with Crippen molar-refractivity contribution in [1.82, 2.24) is 9.97 Å². The van der Waals surface area contributed by atoms with Gasteiger partial charge in [-0.25, -0.2) is 9.97 Å². The molecule has 2 heteroatoms. The molecule has 1 unspecified atom stereocenters. The standard InChI is InChI=1S/C58H40N2/c1-58(46-24-12-5-13-25-46)53-29-17-16-28-50(53)51-31-30-42(37-54(51)58)44-34-43(39-18-6-2-7-19-39)35-45(36-44)47-32-33-52(49-27-15-14-26-48(47)49)56-38-55(40-20-8-3-9-21-40)59-57(60-56)41-22-10-4-11-23-41/h2-38H,1H3. The Kier molecular flexibility index (Phi) is 8.64. The summed E-state index contributed by atoms with van der Waals surface area (Å²) in [7, 11) is 0. The molecule has 0 amide bonds. The summed E-state index contributed by atoms with van der Waals surface area (Å²) in [5.74, 6) is 0.709. The maximum atomic E-state index is 5.23. The zero-order chi connectivity index (χ0) is 40.0. The minimum absolute atomic E-state index is 0.281. The van der Waals surface area contributed by atoms with Crippen LogP contribution in [0.5, 0.6) is 0 Å². The van der Waals surface area contributed by atoms with Gasteiger partial charge in [-0.15, -0.1) is 0 Å². The number of rotatable bonds is 7. The first-order valence-corrected chi connectivity index (χ1v) is 20.6. The van der Waals surface area contributed by atoms with Crippen LogP contribution in [0.2, 0.25) is 0 Å². The van der Waals surface area contributed by atoms with Crippen molar-refractivity contribution >= 4 is 10.8 Å². The summed E-state index contributed by atoms with van der Waals surface area (Å²) < 4.78 is 0. The highest BCUT2D eigenvalue weighted by atomic mass is 14.9. The first-order valence-electron chi connectivity index (χ1n) is 20.6. The predicted octanol–water partition coefficient (Wildman–Crippen LogP) is 15.0. The minimum atomic E-state index is -0.281. The molecule has 1 aromatic heterocycles. The predicted molar refractivity (Wildman–Crippen MR) is 250 cm³/mol. The molecule has 1 atom stereocenters. The molecule has 1 aliphatic carbocycles. The minimum Gasteiger partial charge on any atom is -0.228 e. The molecular formula is C58H40N2. The Morgan fingerprint density at radius 1 is 0.300 bits per heavy atom. The first-order chi connectivity index (χ1) is 29.6. The Hall–Kier alpha value is -7.68. The molecule has 0 radical (unpaired) electrons. The number of hydrogen-bond donors (Lipinski definition) is 0. The molecule has 1 heterocycles. The van der Waals surface area contributed by atoms with Crippen LogP contribution in [0, 0.1) is 0 Å². The molecular weight excluding hydrogens is 725 g/mol. The fourth-order valence-electron chi connectivity index (χ4n) is 9.33. The monoisotopic (exact) mass is 764 g/mol. The summed E-state index contributed by atoms with van der Waals surface area (Å²) in [6.07, 6.45) is 0. The first kappa shape index (κ1) is 35.5. The molecule has 9 aromatic carbocycles. The van der Waals surface area contributed by atoms with Crippen LogP contribution < -0.4 is 0 Å². The van der Waals surface area contributed by atoms with Crippen LogP contribution in [-0.4, -0.2) is 9.97 Å². The second-order valence-electron chi connectivity index (χ2n) is 15.9. The van der Waals surface area contributed by atoms with E-state index in [1.165, 1.54) is 66.6 Å². The van der Waals surface area contributed by atoms with E-state index >= 15 is 0 Å². The number of hydrogen-bond acceptors (Lipinski definition) is 2. The van der Waals surface area contributed by atoms with E-state index in [9.17, 15) is 0 Å². The zero-order valence-corrected chi connectivity index (χ0v) is 33.3. The summed E-state index contributed by atoms with van der Waals surface area (Å²) in [6.45, 7) is 2.39. The quantitative estimate of drug-likeness (QED) is 0.162. The molecule has 1 aliphatic rings. The summed E-state index contributed by atoms with van der Waals surface area (Å²) in [6, 6.07) is 80.9. The van der Waals surface area contributed by atoms with Gasteiger partial charge in [-0.3, -0.25) is 0 Å². The second-order valence-corrected chi connectivity index (χ2v) is 15.9. The third-order valence-electron chi connectivity index (χ3n) is 12.4. The van der Waals surface area contributed by atoms with E-state index in [1.807, 2.05) is 24.3 Å². The van der Waals surface area contributed by atoms with Crippen LogP contribution in [0.4, 0.5) is 0 Å². The molecule has 0 aliphatic heterocycles. The SMILES string of the molecule is CC1(c2ccccc2)c2ccccc2-c2ccc(-c3cc(-c4ccccc4)cc(-c4ccc(-c5cc(-c6ccccc6)nc(-c6ccccc6)n5)c5ccccc45)c3)cc21.